The summed E-state index contributed by atoms with van der Waals surface area (Å²) in [5.74, 6) is 1.23. The molecule has 2 aromatic carbocycles. The third-order valence-corrected chi connectivity index (χ3v) is 7.96. The summed E-state index contributed by atoms with van der Waals surface area (Å²) in [7, 11) is -7.39. The Morgan fingerprint density at radius 2 is 1.38 bits per heavy atom. The second-order valence-corrected chi connectivity index (χ2v) is 10.9. The molecule has 0 aromatic heterocycles. The zero-order chi connectivity index (χ0) is 24.9. The third-order valence-electron chi connectivity index (χ3n) is 4.63. The Morgan fingerprint density at radius 1 is 0.824 bits per heavy atom. The van der Waals surface area contributed by atoms with Crippen LogP contribution in [0.25, 0.3) is 0 Å². The molecule has 0 bridgehead atoms. The number of carbonyl (C=O) groups is 1. The second kappa shape index (κ2) is 14.2. The van der Waals surface area contributed by atoms with Gasteiger partial charge in [0.1, 0.15) is 11.5 Å². The van der Waals surface area contributed by atoms with Crippen LogP contribution in [0.5, 0.6) is 11.5 Å². The maximum atomic E-state index is 12.5. The molecule has 1 amide bonds. The van der Waals surface area contributed by atoms with Crippen LogP contribution in [0.4, 0.5) is 4.79 Å². The fourth-order valence-electron chi connectivity index (χ4n) is 2.99. The summed E-state index contributed by atoms with van der Waals surface area (Å²) in [6.07, 6.45) is 2.87. The molecule has 0 saturated carbocycles. The van der Waals surface area contributed by atoms with Crippen molar-refractivity contribution in [2.45, 2.75) is 44.4 Å². The molecule has 0 saturated heterocycles. The second-order valence-electron chi connectivity index (χ2n) is 7.26. The van der Waals surface area contributed by atoms with Crippen LogP contribution in [0, 0.1) is 0 Å². The molecule has 0 heterocycles. The van der Waals surface area contributed by atoms with Gasteiger partial charge in [-0.3, -0.25) is 4.79 Å². The minimum atomic E-state index is -3.78. The van der Waals surface area contributed by atoms with E-state index in [1.807, 2.05) is 30.3 Å². The molecule has 0 radical (unpaired) electrons. The van der Waals surface area contributed by atoms with Crippen molar-refractivity contribution in [3.05, 3.63) is 54.6 Å². The lowest BCUT2D eigenvalue weighted by Gasteiger charge is -2.16. The first-order valence-corrected chi connectivity index (χ1v) is 14.3. The van der Waals surface area contributed by atoms with Gasteiger partial charge in [0.05, 0.1) is 18.1 Å². The van der Waals surface area contributed by atoms with Gasteiger partial charge in [0.25, 0.3) is 0 Å². The molecule has 0 atom stereocenters. The first kappa shape index (κ1) is 28.0. The average Bonchev–Trinajstić information content (AvgIpc) is 2.82. The number of hydrogen-bond acceptors (Lipinski definition) is 7. The van der Waals surface area contributed by atoms with Crippen molar-refractivity contribution in [2.75, 3.05) is 26.3 Å². The van der Waals surface area contributed by atoms with Gasteiger partial charge < -0.3 is 19.1 Å². The number of para-hydroxylation sites is 1. The van der Waals surface area contributed by atoms with Crippen molar-refractivity contribution >= 4 is 23.3 Å². The molecule has 0 aliphatic heterocycles. The highest BCUT2D eigenvalue weighted by atomic mass is 32.2. The molecular formula is C23H33N2O7PS. The van der Waals surface area contributed by atoms with E-state index in [2.05, 4.69) is 10.0 Å². The van der Waals surface area contributed by atoms with E-state index in [0.29, 0.717) is 37.4 Å². The Labute approximate surface area is 201 Å². The van der Waals surface area contributed by atoms with Gasteiger partial charge in [-0.05, 0) is 63.1 Å². The summed E-state index contributed by atoms with van der Waals surface area (Å²) in [6, 6.07) is 15.5. The molecule has 0 aliphatic carbocycles. The van der Waals surface area contributed by atoms with Gasteiger partial charge in [-0.25, -0.2) is 17.7 Å². The Balaban J connectivity index is 1.65. The molecule has 2 rings (SSSR count). The highest BCUT2D eigenvalue weighted by Gasteiger charge is 2.33. The fourth-order valence-corrected chi connectivity index (χ4v) is 5.36. The Morgan fingerprint density at radius 3 is 1.97 bits per heavy atom. The highest BCUT2D eigenvalue weighted by Crippen LogP contribution is 2.48. The van der Waals surface area contributed by atoms with Crippen molar-refractivity contribution in [1.82, 2.24) is 10.0 Å². The Kier molecular flexibility index (Phi) is 11.7. The largest absolute Gasteiger partial charge is 0.457 e. The van der Waals surface area contributed by atoms with Crippen molar-refractivity contribution in [2.24, 2.45) is 0 Å². The summed E-state index contributed by atoms with van der Waals surface area (Å²) in [6.45, 7) is 4.16. The number of sulfonamides is 1. The molecule has 11 heteroatoms. The lowest BCUT2D eigenvalue weighted by atomic mass is 10.2. The van der Waals surface area contributed by atoms with E-state index in [9.17, 15) is 17.8 Å². The van der Waals surface area contributed by atoms with Crippen LogP contribution >= 0.6 is 7.60 Å². The number of carbonyl (C=O) groups excluding carboxylic acids is 1. The van der Waals surface area contributed by atoms with Crippen molar-refractivity contribution in [1.29, 1.82) is 0 Å². The van der Waals surface area contributed by atoms with E-state index < -0.39 is 23.3 Å². The van der Waals surface area contributed by atoms with E-state index in [1.165, 1.54) is 12.1 Å². The quantitative estimate of drug-likeness (QED) is 0.231. The molecule has 188 valence electrons. The Hall–Kier alpha value is -2.23. The first-order chi connectivity index (χ1) is 16.3. The molecular weight excluding hydrogens is 479 g/mol. The van der Waals surface area contributed by atoms with E-state index >= 15 is 0 Å². The normalized spacial score (nSPS) is 11.8. The number of hydrogen-bond donors (Lipinski definition) is 2. The van der Waals surface area contributed by atoms with Gasteiger partial charge >= 0.3 is 13.2 Å². The standard InChI is InChI=1S/C23H33N2O7PS/c1-3-30-33(27,31-4-2)23(26)24-18-10-5-6-11-19-25-34(28,29)22-16-14-21(15-17-22)32-20-12-8-7-9-13-20/h7-9,12-17,25H,3-6,10-11,18-19H2,1-2H3,(H,24,26). The van der Waals surface area contributed by atoms with Crippen molar-refractivity contribution in [3.63, 3.8) is 0 Å². The molecule has 2 N–H and O–H groups in total. The predicted octanol–water partition coefficient (Wildman–Crippen LogP) is 5.29. The number of ether oxygens (including phenoxy) is 1. The lowest BCUT2D eigenvalue weighted by Crippen LogP contribution is -2.25. The van der Waals surface area contributed by atoms with Gasteiger partial charge in [-0.15, -0.1) is 0 Å². The number of nitrogens with one attached hydrogen (secondary N) is 2. The molecule has 9 nitrogen and oxygen atoms in total. The summed E-state index contributed by atoms with van der Waals surface area (Å²) in [4.78, 5) is 12.2. The van der Waals surface area contributed by atoms with Gasteiger partial charge in [0.2, 0.25) is 10.0 Å². The fraction of sp³-hybridized carbons (Fsp3) is 0.435. The number of unbranched alkanes of at least 4 members (excludes halogenated alkanes) is 3. The minimum absolute atomic E-state index is 0.117. The predicted molar refractivity (Wildman–Crippen MR) is 131 cm³/mol. The average molecular weight is 513 g/mol. The summed E-state index contributed by atoms with van der Waals surface area (Å²) in [5.41, 5.74) is -0.732. The third kappa shape index (κ3) is 9.19. The number of amides is 1. The maximum Gasteiger partial charge on any atom is 0.418 e. The zero-order valence-electron chi connectivity index (χ0n) is 19.6. The molecule has 0 fully saturated rings. The van der Waals surface area contributed by atoms with Crippen LogP contribution < -0.4 is 14.8 Å². The van der Waals surface area contributed by atoms with Crippen LogP contribution in [0.1, 0.15) is 39.5 Å². The monoisotopic (exact) mass is 512 g/mol. The van der Waals surface area contributed by atoms with Crippen LogP contribution in [-0.4, -0.2) is 40.4 Å². The van der Waals surface area contributed by atoms with Crippen molar-refractivity contribution in [3.8, 4) is 11.5 Å². The summed E-state index contributed by atoms with van der Waals surface area (Å²) < 4.78 is 55.5. The number of rotatable bonds is 16. The minimum Gasteiger partial charge on any atom is -0.457 e. The van der Waals surface area contributed by atoms with Gasteiger partial charge in [-0.2, -0.15) is 0 Å². The topological polar surface area (TPSA) is 120 Å². The van der Waals surface area contributed by atoms with Crippen LogP contribution in [0.3, 0.4) is 0 Å². The maximum absolute atomic E-state index is 12.5. The van der Waals surface area contributed by atoms with Gasteiger partial charge in [0.15, 0.2) is 0 Å². The SMILES string of the molecule is CCOP(=O)(OCC)C(=O)NCCCCCCNS(=O)(=O)c1ccc(Oc2ccccc2)cc1. The molecule has 34 heavy (non-hydrogen) atoms. The molecule has 2 aromatic rings. The van der Waals surface area contributed by atoms with E-state index in [4.69, 9.17) is 13.8 Å². The highest BCUT2D eigenvalue weighted by molar-refractivity contribution is 7.89. The Bertz CT molecular complexity index is 1020. The van der Waals surface area contributed by atoms with E-state index in [0.717, 1.165) is 12.8 Å². The van der Waals surface area contributed by atoms with Gasteiger partial charge in [-0.1, -0.05) is 31.0 Å². The molecule has 0 unspecified atom stereocenters. The smallest absolute Gasteiger partial charge is 0.418 e. The summed E-state index contributed by atoms with van der Waals surface area (Å²) >= 11 is 0. The summed E-state index contributed by atoms with van der Waals surface area (Å²) in [5, 5.41) is 2.58. The van der Waals surface area contributed by atoms with Crippen LogP contribution in [0.15, 0.2) is 59.5 Å². The molecule has 0 aliphatic rings. The zero-order valence-corrected chi connectivity index (χ0v) is 21.3. The number of benzene rings is 2. The van der Waals surface area contributed by atoms with E-state index in [-0.39, 0.29) is 18.1 Å². The van der Waals surface area contributed by atoms with Crippen LogP contribution in [0.2, 0.25) is 0 Å². The van der Waals surface area contributed by atoms with Gasteiger partial charge in [0, 0.05) is 13.1 Å². The van der Waals surface area contributed by atoms with E-state index in [1.54, 1.807) is 26.0 Å². The van der Waals surface area contributed by atoms with Crippen molar-refractivity contribution < 1.29 is 31.6 Å². The first-order valence-electron chi connectivity index (χ1n) is 11.3. The molecule has 0 spiro atoms. The van der Waals surface area contributed by atoms with Crippen LogP contribution in [-0.2, 0) is 23.6 Å². The lowest BCUT2D eigenvalue weighted by molar-refractivity contribution is 0.207.